The van der Waals surface area contributed by atoms with Crippen LogP contribution in [0, 0.1) is 18.7 Å². The van der Waals surface area contributed by atoms with Gasteiger partial charge in [-0.15, -0.1) is 0 Å². The van der Waals surface area contributed by atoms with Gasteiger partial charge < -0.3 is 15.4 Å². The van der Waals surface area contributed by atoms with Crippen LogP contribution in [0.2, 0.25) is 0 Å². The highest BCUT2D eigenvalue weighted by atomic mass is 19.1. The third-order valence-electron chi connectivity index (χ3n) is 5.89. The van der Waals surface area contributed by atoms with Gasteiger partial charge in [0.05, 0.1) is 24.1 Å². The number of hydrogen-bond donors (Lipinski definition) is 1. The maximum absolute atomic E-state index is 14.7. The SMILES string of the molecule is Cc1ccc(C2CN(C(=O)c3cc4c(cc3F)=NC(N)C3COCC=43)C2)nc1. The van der Waals surface area contributed by atoms with Gasteiger partial charge in [-0.3, -0.25) is 14.8 Å². The Morgan fingerprint density at radius 2 is 2.14 bits per heavy atom. The van der Waals surface area contributed by atoms with Crippen LogP contribution in [0.25, 0.3) is 5.57 Å². The number of carbonyl (C=O) groups excluding carboxylic acids is 1. The Bertz CT molecular complexity index is 1080. The molecule has 0 aliphatic carbocycles. The number of amides is 1. The third-order valence-corrected chi connectivity index (χ3v) is 5.89. The van der Waals surface area contributed by atoms with Gasteiger partial charge >= 0.3 is 0 Å². The lowest BCUT2D eigenvalue weighted by atomic mass is 9.92. The lowest BCUT2D eigenvalue weighted by molar-refractivity contribution is 0.0593. The molecule has 2 saturated heterocycles. The van der Waals surface area contributed by atoms with Crippen LogP contribution in [0.4, 0.5) is 4.39 Å². The van der Waals surface area contributed by atoms with Crippen LogP contribution >= 0.6 is 0 Å². The number of likely N-dealkylation sites (tertiary alicyclic amines) is 1. The number of halogens is 1. The van der Waals surface area contributed by atoms with Crippen LogP contribution in [-0.4, -0.2) is 48.3 Å². The van der Waals surface area contributed by atoms with Crippen molar-refractivity contribution in [2.24, 2.45) is 16.6 Å². The number of pyridine rings is 1. The van der Waals surface area contributed by atoms with E-state index < -0.39 is 12.0 Å². The summed E-state index contributed by atoms with van der Waals surface area (Å²) >= 11 is 0. The first-order chi connectivity index (χ1) is 13.5. The highest BCUT2D eigenvalue weighted by Crippen LogP contribution is 2.28. The van der Waals surface area contributed by atoms with E-state index in [9.17, 15) is 9.18 Å². The Morgan fingerprint density at radius 1 is 1.32 bits per heavy atom. The normalized spacial score (nSPS) is 23.7. The number of fused-ring (bicyclic) bond motifs is 2. The molecule has 0 saturated carbocycles. The molecular weight excluding hydrogens is 359 g/mol. The van der Waals surface area contributed by atoms with Crippen molar-refractivity contribution < 1.29 is 13.9 Å². The monoisotopic (exact) mass is 380 g/mol. The fourth-order valence-electron chi connectivity index (χ4n) is 4.15. The van der Waals surface area contributed by atoms with Crippen molar-refractivity contribution in [1.29, 1.82) is 0 Å². The van der Waals surface area contributed by atoms with E-state index in [1.807, 2.05) is 25.3 Å². The molecule has 2 aromatic rings. The molecule has 3 aliphatic heterocycles. The average Bonchev–Trinajstić information content (AvgIpc) is 3.12. The van der Waals surface area contributed by atoms with Gasteiger partial charge in [-0.1, -0.05) is 6.07 Å². The van der Waals surface area contributed by atoms with Gasteiger partial charge in [0, 0.05) is 48.1 Å². The number of ether oxygens (including phenoxy) is 1. The van der Waals surface area contributed by atoms with Gasteiger partial charge in [0.2, 0.25) is 0 Å². The molecule has 0 bridgehead atoms. The Morgan fingerprint density at radius 3 is 2.89 bits per heavy atom. The lowest BCUT2D eigenvalue weighted by Gasteiger charge is -2.39. The topological polar surface area (TPSA) is 80.8 Å². The number of carbonyl (C=O) groups is 1. The number of rotatable bonds is 2. The number of hydrogen-bond acceptors (Lipinski definition) is 5. The van der Waals surface area contributed by atoms with Crippen molar-refractivity contribution in [1.82, 2.24) is 9.88 Å². The molecule has 0 spiro atoms. The van der Waals surface area contributed by atoms with Gasteiger partial charge in [0.25, 0.3) is 5.91 Å². The van der Waals surface area contributed by atoms with Gasteiger partial charge in [0.15, 0.2) is 0 Å². The molecule has 3 aliphatic rings. The highest BCUT2D eigenvalue weighted by molar-refractivity contribution is 5.95. The summed E-state index contributed by atoms with van der Waals surface area (Å²) in [5, 5.41) is 1.29. The molecule has 2 unspecified atom stereocenters. The van der Waals surface area contributed by atoms with Crippen LogP contribution in [0.5, 0.6) is 0 Å². The van der Waals surface area contributed by atoms with Crippen LogP contribution in [0.15, 0.2) is 35.5 Å². The maximum Gasteiger partial charge on any atom is 0.256 e. The molecule has 1 amide bonds. The Hall–Kier alpha value is -2.64. The van der Waals surface area contributed by atoms with E-state index in [1.165, 1.54) is 6.07 Å². The Balaban J connectivity index is 1.43. The molecule has 4 heterocycles. The molecule has 144 valence electrons. The van der Waals surface area contributed by atoms with E-state index in [0.29, 0.717) is 31.7 Å². The smallest absolute Gasteiger partial charge is 0.256 e. The quantitative estimate of drug-likeness (QED) is 0.822. The summed E-state index contributed by atoms with van der Waals surface area (Å²) in [6, 6.07) is 6.95. The second-order valence-electron chi connectivity index (χ2n) is 7.78. The molecular formula is C21H21FN4O2. The molecule has 2 N–H and O–H groups in total. The molecule has 1 aromatic heterocycles. The van der Waals surface area contributed by atoms with E-state index >= 15 is 0 Å². The third kappa shape index (κ3) is 2.73. The van der Waals surface area contributed by atoms with E-state index in [0.717, 1.165) is 22.0 Å². The van der Waals surface area contributed by atoms with Crippen LogP contribution < -0.4 is 16.3 Å². The van der Waals surface area contributed by atoms with Crippen molar-refractivity contribution in [3.63, 3.8) is 0 Å². The highest BCUT2D eigenvalue weighted by Gasteiger charge is 2.35. The van der Waals surface area contributed by atoms with Crippen molar-refractivity contribution in [2.75, 3.05) is 26.3 Å². The van der Waals surface area contributed by atoms with Crippen molar-refractivity contribution in [3.05, 3.63) is 63.7 Å². The molecule has 6 nitrogen and oxygen atoms in total. The standard InChI is InChI=1S/C21H21FN4O2/c1-11-2-3-18(24-6-11)12-7-26(8-12)21(27)14-4-13-15-9-28-10-16(15)20(23)25-19(13)5-17(14)22/h2-6,12,16,20H,7-10,23H2,1H3. The molecule has 0 radical (unpaired) electrons. The zero-order chi connectivity index (χ0) is 19.4. The Labute approximate surface area is 161 Å². The minimum absolute atomic E-state index is 0.00177. The number of aromatic nitrogens is 1. The molecule has 5 rings (SSSR count). The van der Waals surface area contributed by atoms with Crippen LogP contribution in [0.3, 0.4) is 0 Å². The van der Waals surface area contributed by atoms with E-state index in [-0.39, 0.29) is 23.3 Å². The van der Waals surface area contributed by atoms with Gasteiger partial charge in [-0.2, -0.15) is 0 Å². The van der Waals surface area contributed by atoms with Gasteiger partial charge in [-0.25, -0.2) is 4.39 Å². The van der Waals surface area contributed by atoms with Crippen LogP contribution in [0.1, 0.15) is 27.5 Å². The predicted molar refractivity (Wildman–Crippen MR) is 100 cm³/mol. The summed E-state index contributed by atoms with van der Waals surface area (Å²) in [6.07, 6.45) is 1.40. The zero-order valence-electron chi connectivity index (χ0n) is 15.6. The predicted octanol–water partition coefficient (Wildman–Crippen LogP) is 0.484. The summed E-state index contributed by atoms with van der Waals surface area (Å²) in [4.78, 5) is 23.4. The minimum atomic E-state index is -0.561. The van der Waals surface area contributed by atoms with E-state index in [2.05, 4.69) is 9.98 Å². The van der Waals surface area contributed by atoms with Gasteiger partial charge in [0.1, 0.15) is 12.0 Å². The molecule has 2 fully saturated rings. The van der Waals surface area contributed by atoms with Crippen molar-refractivity contribution >= 4 is 11.5 Å². The first-order valence-electron chi connectivity index (χ1n) is 9.47. The van der Waals surface area contributed by atoms with Gasteiger partial charge in [-0.05, 0) is 30.2 Å². The summed E-state index contributed by atoms with van der Waals surface area (Å²) < 4.78 is 20.2. The minimum Gasteiger partial charge on any atom is -0.376 e. The Kier molecular flexibility index (Phi) is 4.03. The van der Waals surface area contributed by atoms with Crippen LogP contribution in [-0.2, 0) is 4.74 Å². The summed E-state index contributed by atoms with van der Waals surface area (Å²) in [5.74, 6) is -0.661. The first-order valence-corrected chi connectivity index (χ1v) is 9.47. The largest absolute Gasteiger partial charge is 0.376 e. The maximum atomic E-state index is 14.7. The lowest BCUT2D eigenvalue weighted by Crippen LogP contribution is -2.50. The summed E-state index contributed by atoms with van der Waals surface area (Å²) in [7, 11) is 0. The first kappa shape index (κ1) is 17.5. The zero-order valence-corrected chi connectivity index (χ0v) is 15.6. The van der Waals surface area contributed by atoms with E-state index in [4.69, 9.17) is 10.5 Å². The molecule has 28 heavy (non-hydrogen) atoms. The second-order valence-corrected chi connectivity index (χ2v) is 7.78. The fraction of sp³-hybridized carbons (Fsp3) is 0.381. The average molecular weight is 380 g/mol. The molecule has 2 atom stereocenters. The number of nitrogens with zero attached hydrogens (tertiary/aromatic N) is 3. The number of benzene rings is 1. The number of aryl methyl sites for hydroxylation is 1. The summed E-state index contributed by atoms with van der Waals surface area (Å²) in [6.45, 7) is 4.04. The molecule has 7 heteroatoms. The van der Waals surface area contributed by atoms with Crippen molar-refractivity contribution in [2.45, 2.75) is 19.0 Å². The fourth-order valence-corrected chi connectivity index (χ4v) is 4.15. The summed E-state index contributed by atoms with van der Waals surface area (Å²) in [5.41, 5.74) is 9.23. The molecule has 1 aromatic carbocycles. The van der Waals surface area contributed by atoms with E-state index in [1.54, 1.807) is 11.0 Å². The van der Waals surface area contributed by atoms with Crippen molar-refractivity contribution in [3.8, 4) is 0 Å². The second kappa shape index (κ2) is 6.46. The number of nitrogens with two attached hydrogens (primary N) is 1.